The van der Waals surface area contributed by atoms with Gasteiger partial charge in [-0.15, -0.1) is 21.5 Å². The lowest BCUT2D eigenvalue weighted by atomic mass is 10.1. The maximum absolute atomic E-state index is 12.5. The number of aromatic nitrogens is 4. The van der Waals surface area contributed by atoms with E-state index in [1.165, 1.54) is 23.1 Å². The van der Waals surface area contributed by atoms with Gasteiger partial charge in [-0.05, 0) is 24.6 Å². The van der Waals surface area contributed by atoms with Crippen molar-refractivity contribution in [2.45, 2.75) is 12.1 Å². The minimum Gasteiger partial charge on any atom is -0.301 e. The second-order valence-corrected chi connectivity index (χ2v) is 8.56. The lowest BCUT2D eigenvalue weighted by Gasteiger charge is -2.07. The number of nitrogens with zero attached hydrogens (tertiary/aromatic N) is 4. The number of carbonyl (C=O) groups excluding carboxylic acids is 1. The molecule has 0 radical (unpaired) electrons. The van der Waals surface area contributed by atoms with Crippen LogP contribution in [0.25, 0.3) is 27.8 Å². The molecule has 6 nitrogen and oxygen atoms in total. The molecule has 30 heavy (non-hydrogen) atoms. The summed E-state index contributed by atoms with van der Waals surface area (Å²) in [4.78, 5) is 17.0. The summed E-state index contributed by atoms with van der Waals surface area (Å²) < 4.78 is 2.00. The molecule has 0 saturated heterocycles. The van der Waals surface area contributed by atoms with E-state index in [0.717, 1.165) is 33.4 Å². The van der Waals surface area contributed by atoms with E-state index in [9.17, 15) is 4.79 Å². The molecular weight excluding hydrogens is 414 g/mol. The van der Waals surface area contributed by atoms with E-state index in [-0.39, 0.29) is 11.7 Å². The van der Waals surface area contributed by atoms with Crippen LogP contribution < -0.4 is 5.32 Å². The number of carbonyl (C=O) groups is 1. The van der Waals surface area contributed by atoms with Crippen molar-refractivity contribution in [3.63, 3.8) is 0 Å². The molecule has 1 amide bonds. The van der Waals surface area contributed by atoms with Gasteiger partial charge in [0.05, 0.1) is 17.0 Å². The molecule has 3 aromatic heterocycles. The van der Waals surface area contributed by atoms with Gasteiger partial charge >= 0.3 is 0 Å². The van der Waals surface area contributed by atoms with Crippen LogP contribution in [0.4, 0.5) is 5.13 Å². The van der Waals surface area contributed by atoms with Gasteiger partial charge in [0.1, 0.15) is 0 Å². The summed E-state index contributed by atoms with van der Waals surface area (Å²) in [5, 5.41) is 15.8. The quantitative estimate of drug-likeness (QED) is 0.395. The molecule has 0 bridgehead atoms. The van der Waals surface area contributed by atoms with Gasteiger partial charge in [0.15, 0.2) is 15.9 Å². The Morgan fingerprint density at radius 2 is 1.90 bits per heavy atom. The Morgan fingerprint density at radius 1 is 1.10 bits per heavy atom. The molecule has 0 aliphatic heterocycles. The van der Waals surface area contributed by atoms with Crippen LogP contribution >= 0.6 is 23.1 Å². The van der Waals surface area contributed by atoms with Crippen molar-refractivity contribution in [3.05, 3.63) is 71.6 Å². The average molecular weight is 432 g/mol. The summed E-state index contributed by atoms with van der Waals surface area (Å²) in [7, 11) is 0. The number of fused-ring (bicyclic) bond motifs is 3. The summed E-state index contributed by atoms with van der Waals surface area (Å²) in [6.45, 7) is 2.06. The molecule has 0 spiro atoms. The summed E-state index contributed by atoms with van der Waals surface area (Å²) in [5.74, 6) is 0.102. The predicted molar refractivity (Wildman–Crippen MR) is 122 cm³/mol. The number of pyridine rings is 1. The third kappa shape index (κ3) is 3.55. The lowest BCUT2D eigenvalue weighted by molar-refractivity contribution is -0.113. The number of amides is 1. The molecule has 5 rings (SSSR count). The zero-order valence-electron chi connectivity index (χ0n) is 16.1. The number of hydrogen-bond donors (Lipinski definition) is 1. The first-order valence-electron chi connectivity index (χ1n) is 9.36. The first-order chi connectivity index (χ1) is 14.7. The normalized spacial score (nSPS) is 11.2. The van der Waals surface area contributed by atoms with Crippen LogP contribution in [0.5, 0.6) is 0 Å². The maximum atomic E-state index is 12.5. The Balaban J connectivity index is 1.32. The van der Waals surface area contributed by atoms with Crippen molar-refractivity contribution in [2.75, 3.05) is 11.1 Å². The fourth-order valence-electron chi connectivity index (χ4n) is 3.33. The highest BCUT2D eigenvalue weighted by Crippen LogP contribution is 2.27. The van der Waals surface area contributed by atoms with Gasteiger partial charge in [-0.3, -0.25) is 9.20 Å². The van der Waals surface area contributed by atoms with E-state index < -0.39 is 0 Å². The van der Waals surface area contributed by atoms with Crippen molar-refractivity contribution >= 4 is 50.7 Å². The summed E-state index contributed by atoms with van der Waals surface area (Å²) in [5.41, 5.74) is 4.85. The fraction of sp³-hybridized carbons (Fsp3) is 0.0909. The minimum absolute atomic E-state index is 0.123. The molecule has 5 aromatic rings. The van der Waals surface area contributed by atoms with E-state index in [1.807, 2.05) is 64.4 Å². The molecule has 0 saturated carbocycles. The second-order valence-electron chi connectivity index (χ2n) is 6.76. The van der Waals surface area contributed by atoms with E-state index in [1.54, 1.807) is 0 Å². The average Bonchev–Trinajstić information content (AvgIpc) is 3.40. The zero-order chi connectivity index (χ0) is 20.5. The molecule has 148 valence electrons. The number of thioether (sulfide) groups is 1. The number of aryl methyl sites for hydroxylation is 1. The van der Waals surface area contributed by atoms with E-state index in [4.69, 9.17) is 0 Å². The highest BCUT2D eigenvalue weighted by molar-refractivity contribution is 7.99. The summed E-state index contributed by atoms with van der Waals surface area (Å²) in [6, 6.07) is 20.1. The van der Waals surface area contributed by atoms with Gasteiger partial charge < -0.3 is 5.32 Å². The monoisotopic (exact) mass is 431 g/mol. The van der Waals surface area contributed by atoms with E-state index >= 15 is 0 Å². The van der Waals surface area contributed by atoms with Crippen molar-refractivity contribution in [1.29, 1.82) is 0 Å². The minimum atomic E-state index is -0.123. The Morgan fingerprint density at radius 3 is 2.77 bits per heavy atom. The Bertz CT molecular complexity index is 1360. The van der Waals surface area contributed by atoms with Crippen LogP contribution in [-0.2, 0) is 4.79 Å². The summed E-state index contributed by atoms with van der Waals surface area (Å²) >= 11 is 2.78. The first kappa shape index (κ1) is 18.8. The number of anilines is 1. The molecule has 0 atom stereocenters. The van der Waals surface area contributed by atoms with Crippen LogP contribution in [0.2, 0.25) is 0 Å². The topological polar surface area (TPSA) is 72.2 Å². The van der Waals surface area contributed by atoms with Crippen LogP contribution in [0.3, 0.4) is 0 Å². The largest absolute Gasteiger partial charge is 0.301 e. The number of para-hydroxylation sites is 1. The molecule has 0 aliphatic carbocycles. The molecule has 1 N–H and O–H groups in total. The van der Waals surface area contributed by atoms with Crippen molar-refractivity contribution in [3.8, 4) is 11.3 Å². The lowest BCUT2D eigenvalue weighted by Crippen LogP contribution is -2.14. The highest BCUT2D eigenvalue weighted by atomic mass is 32.2. The zero-order valence-corrected chi connectivity index (χ0v) is 17.7. The van der Waals surface area contributed by atoms with E-state index in [2.05, 4.69) is 33.5 Å². The van der Waals surface area contributed by atoms with Crippen molar-refractivity contribution in [2.24, 2.45) is 0 Å². The molecular formula is C22H17N5OS2. The van der Waals surface area contributed by atoms with Gasteiger partial charge in [-0.1, -0.05) is 60.3 Å². The molecule has 2 aromatic carbocycles. The first-order valence-corrected chi connectivity index (χ1v) is 11.2. The third-order valence-corrected chi connectivity index (χ3v) is 6.41. The summed E-state index contributed by atoms with van der Waals surface area (Å²) in [6.07, 6.45) is 0. The van der Waals surface area contributed by atoms with Crippen LogP contribution in [-0.4, -0.2) is 31.2 Å². The number of benzene rings is 2. The second kappa shape index (κ2) is 7.89. The van der Waals surface area contributed by atoms with Crippen LogP contribution in [0.15, 0.2) is 71.2 Å². The molecule has 0 aliphatic rings. The fourth-order valence-corrected chi connectivity index (χ4v) is 4.81. The maximum Gasteiger partial charge on any atom is 0.236 e. The van der Waals surface area contributed by atoms with E-state index in [0.29, 0.717) is 10.3 Å². The van der Waals surface area contributed by atoms with Gasteiger partial charge in [-0.25, -0.2) is 4.98 Å². The van der Waals surface area contributed by atoms with Gasteiger partial charge in [0.2, 0.25) is 5.91 Å². The predicted octanol–water partition coefficient (Wildman–Crippen LogP) is 5.05. The van der Waals surface area contributed by atoms with Crippen LogP contribution in [0, 0.1) is 6.92 Å². The standard InChI is InChI=1S/C22H17N5OS2/c1-14-11-19-25-26-22(27(19)18-10-6-5-9-16(14)18)30-13-20(28)24-21-23-17(12-29-21)15-7-3-2-4-8-15/h2-12H,13H2,1H3,(H,23,24,28). The highest BCUT2D eigenvalue weighted by Gasteiger charge is 2.14. The molecule has 8 heteroatoms. The van der Waals surface area contributed by atoms with Gasteiger partial charge in [-0.2, -0.15) is 0 Å². The Labute approximate surface area is 181 Å². The van der Waals surface area contributed by atoms with Crippen molar-refractivity contribution < 1.29 is 4.79 Å². The molecule has 3 heterocycles. The molecule has 0 fully saturated rings. The van der Waals surface area contributed by atoms with Crippen molar-refractivity contribution in [1.82, 2.24) is 19.6 Å². The number of rotatable bonds is 5. The number of nitrogens with one attached hydrogen (secondary N) is 1. The Hall–Kier alpha value is -3.23. The SMILES string of the molecule is Cc1cc2nnc(SCC(=O)Nc3nc(-c4ccccc4)cs3)n2c2ccccc12. The van der Waals surface area contributed by atoms with Gasteiger partial charge in [0.25, 0.3) is 0 Å². The number of hydrogen-bond acceptors (Lipinski definition) is 6. The third-order valence-electron chi connectivity index (χ3n) is 4.73. The smallest absolute Gasteiger partial charge is 0.236 e. The molecule has 0 unspecified atom stereocenters. The Kier molecular flexibility index (Phi) is 4.94. The van der Waals surface area contributed by atoms with Gasteiger partial charge in [0, 0.05) is 16.3 Å². The van der Waals surface area contributed by atoms with Crippen LogP contribution in [0.1, 0.15) is 5.56 Å². The number of thiazole rings is 1.